The number of hydrogen-bond acceptors (Lipinski definition) is 5. The first-order valence-corrected chi connectivity index (χ1v) is 8.03. The molecule has 0 atom stereocenters. The molecule has 0 spiro atoms. The summed E-state index contributed by atoms with van der Waals surface area (Å²) in [5.74, 6) is -0.157. The highest BCUT2D eigenvalue weighted by molar-refractivity contribution is 5.86. The van der Waals surface area contributed by atoms with E-state index in [1.54, 1.807) is 11.8 Å². The van der Waals surface area contributed by atoms with E-state index in [-0.39, 0.29) is 36.8 Å². The molecule has 2 aliphatic rings. The van der Waals surface area contributed by atoms with Crippen LogP contribution in [0.1, 0.15) is 26.2 Å². The van der Waals surface area contributed by atoms with E-state index in [1.165, 1.54) is 0 Å². The van der Waals surface area contributed by atoms with Crippen LogP contribution in [0.25, 0.3) is 0 Å². The van der Waals surface area contributed by atoms with Crippen LogP contribution in [0.2, 0.25) is 0 Å². The Balaban J connectivity index is 1.70. The molecule has 7 nitrogen and oxygen atoms in total. The van der Waals surface area contributed by atoms with E-state index in [4.69, 9.17) is 4.74 Å². The first-order chi connectivity index (χ1) is 10.6. The van der Waals surface area contributed by atoms with Crippen molar-refractivity contribution in [3.63, 3.8) is 0 Å². The third kappa shape index (κ3) is 5.29. The molecule has 0 aromatic rings. The number of ether oxygens (including phenoxy) is 1. The first kappa shape index (κ1) is 16.7. The lowest BCUT2D eigenvalue weighted by molar-refractivity contribution is -0.144. The summed E-state index contributed by atoms with van der Waals surface area (Å²) in [4.78, 5) is 38.9. The van der Waals surface area contributed by atoms with Gasteiger partial charge in [-0.05, 0) is 26.2 Å². The van der Waals surface area contributed by atoms with Gasteiger partial charge in [-0.2, -0.15) is 0 Å². The van der Waals surface area contributed by atoms with Gasteiger partial charge in [-0.15, -0.1) is 0 Å². The van der Waals surface area contributed by atoms with E-state index in [1.807, 2.05) is 4.90 Å². The largest absolute Gasteiger partial charge is 0.465 e. The maximum atomic E-state index is 12.1. The molecule has 7 heteroatoms. The third-order valence-electron chi connectivity index (χ3n) is 3.96. The van der Waals surface area contributed by atoms with E-state index < -0.39 is 0 Å². The fourth-order valence-electron chi connectivity index (χ4n) is 2.53. The number of rotatable bonds is 6. The molecular formula is C15H25N3O4. The van der Waals surface area contributed by atoms with Gasteiger partial charge >= 0.3 is 5.97 Å². The Morgan fingerprint density at radius 1 is 1.14 bits per heavy atom. The summed E-state index contributed by atoms with van der Waals surface area (Å²) in [6, 6.07) is 0. The summed E-state index contributed by atoms with van der Waals surface area (Å²) in [7, 11) is 0. The lowest BCUT2D eigenvalue weighted by Gasteiger charge is -2.21. The van der Waals surface area contributed by atoms with Gasteiger partial charge in [0.1, 0.15) is 0 Å². The minimum absolute atomic E-state index is 0.00731. The summed E-state index contributed by atoms with van der Waals surface area (Å²) in [6.45, 7) is 5.20. The minimum atomic E-state index is -0.223. The number of nitrogens with one attached hydrogen (secondary N) is 1. The van der Waals surface area contributed by atoms with Crippen LogP contribution in [0, 0.1) is 5.92 Å². The smallest absolute Gasteiger partial charge is 0.320 e. The van der Waals surface area contributed by atoms with Gasteiger partial charge in [0, 0.05) is 32.1 Å². The molecule has 0 bridgehead atoms. The van der Waals surface area contributed by atoms with E-state index in [9.17, 15) is 14.4 Å². The average Bonchev–Trinajstić information content (AvgIpc) is 3.31. The Bertz CT molecular complexity index is 423. The Morgan fingerprint density at radius 2 is 1.91 bits per heavy atom. The van der Waals surface area contributed by atoms with Gasteiger partial charge in [-0.1, -0.05) is 0 Å². The van der Waals surface area contributed by atoms with Crippen molar-refractivity contribution in [3.05, 3.63) is 0 Å². The van der Waals surface area contributed by atoms with Crippen LogP contribution in [-0.4, -0.2) is 73.5 Å². The number of carbonyl (C=O) groups excluding carboxylic acids is 3. The molecule has 22 heavy (non-hydrogen) atoms. The standard InChI is InChI=1S/C15H25N3O4/c1-2-22-14(20)11-17-6-3-7-18(9-8-17)13(19)10-16-15(21)12-4-5-12/h12H,2-11H2,1H3,(H,16,21). The van der Waals surface area contributed by atoms with Crippen molar-refractivity contribution in [1.82, 2.24) is 15.1 Å². The molecule has 124 valence electrons. The second-order valence-electron chi connectivity index (χ2n) is 5.81. The van der Waals surface area contributed by atoms with Gasteiger partial charge in [0.15, 0.2) is 0 Å². The van der Waals surface area contributed by atoms with Crippen LogP contribution in [0.4, 0.5) is 0 Å². The quantitative estimate of drug-likeness (QED) is 0.676. The predicted octanol–water partition coefficient (Wildman–Crippen LogP) is -0.390. The molecule has 1 aliphatic heterocycles. The van der Waals surface area contributed by atoms with E-state index in [0.717, 1.165) is 25.8 Å². The van der Waals surface area contributed by atoms with E-state index in [0.29, 0.717) is 26.2 Å². The highest BCUT2D eigenvalue weighted by Crippen LogP contribution is 2.28. The molecular weight excluding hydrogens is 286 g/mol. The summed E-state index contributed by atoms with van der Waals surface area (Å²) < 4.78 is 4.94. The zero-order valence-electron chi connectivity index (χ0n) is 13.2. The number of nitrogens with zero attached hydrogens (tertiary/aromatic N) is 2. The fourth-order valence-corrected chi connectivity index (χ4v) is 2.53. The molecule has 2 rings (SSSR count). The van der Waals surface area contributed by atoms with Crippen LogP contribution < -0.4 is 5.32 Å². The van der Waals surface area contributed by atoms with Crippen molar-refractivity contribution in [2.24, 2.45) is 5.92 Å². The second-order valence-corrected chi connectivity index (χ2v) is 5.81. The molecule has 0 radical (unpaired) electrons. The normalized spacial score (nSPS) is 19.4. The Kier molecular flexibility index (Phi) is 6.18. The number of esters is 1. The zero-order chi connectivity index (χ0) is 15.9. The number of carbonyl (C=O) groups is 3. The molecule has 2 amide bonds. The molecule has 1 heterocycles. The topological polar surface area (TPSA) is 79.0 Å². The minimum Gasteiger partial charge on any atom is -0.465 e. The molecule has 1 N–H and O–H groups in total. The van der Waals surface area contributed by atoms with Gasteiger partial charge < -0.3 is 15.0 Å². The van der Waals surface area contributed by atoms with E-state index >= 15 is 0 Å². The maximum Gasteiger partial charge on any atom is 0.320 e. The molecule has 0 aromatic carbocycles. The summed E-state index contributed by atoms with van der Waals surface area (Å²) in [5, 5.41) is 2.70. The lowest BCUT2D eigenvalue weighted by atomic mass is 10.3. The fraction of sp³-hybridized carbons (Fsp3) is 0.800. The Morgan fingerprint density at radius 3 is 2.59 bits per heavy atom. The molecule has 0 aromatic heterocycles. The third-order valence-corrected chi connectivity index (χ3v) is 3.96. The monoisotopic (exact) mass is 311 g/mol. The number of hydrogen-bond donors (Lipinski definition) is 1. The SMILES string of the molecule is CCOC(=O)CN1CCCN(C(=O)CNC(=O)C2CC2)CC1. The van der Waals surface area contributed by atoms with E-state index in [2.05, 4.69) is 5.32 Å². The lowest BCUT2D eigenvalue weighted by Crippen LogP contribution is -2.42. The zero-order valence-corrected chi connectivity index (χ0v) is 13.2. The van der Waals surface area contributed by atoms with Crippen molar-refractivity contribution in [2.75, 3.05) is 45.9 Å². The summed E-state index contributed by atoms with van der Waals surface area (Å²) in [6.07, 6.45) is 2.70. The Labute approximate surface area is 131 Å². The van der Waals surface area contributed by atoms with Gasteiger partial charge in [0.2, 0.25) is 11.8 Å². The van der Waals surface area contributed by atoms with Crippen LogP contribution in [-0.2, 0) is 19.1 Å². The maximum absolute atomic E-state index is 12.1. The van der Waals surface area contributed by atoms with Crippen molar-refractivity contribution in [1.29, 1.82) is 0 Å². The molecule has 0 unspecified atom stereocenters. The first-order valence-electron chi connectivity index (χ1n) is 8.03. The van der Waals surface area contributed by atoms with Gasteiger partial charge in [-0.3, -0.25) is 19.3 Å². The summed E-state index contributed by atoms with van der Waals surface area (Å²) in [5.41, 5.74) is 0. The van der Waals surface area contributed by atoms with Crippen LogP contribution in [0.5, 0.6) is 0 Å². The second kappa shape index (κ2) is 8.12. The average molecular weight is 311 g/mol. The van der Waals surface area contributed by atoms with Crippen LogP contribution >= 0.6 is 0 Å². The van der Waals surface area contributed by atoms with Crippen LogP contribution in [0.15, 0.2) is 0 Å². The molecule has 1 saturated carbocycles. The molecule has 2 fully saturated rings. The number of amides is 2. The van der Waals surface area contributed by atoms with Crippen molar-refractivity contribution in [2.45, 2.75) is 26.2 Å². The summed E-state index contributed by atoms with van der Waals surface area (Å²) >= 11 is 0. The Hall–Kier alpha value is -1.63. The van der Waals surface area contributed by atoms with Crippen molar-refractivity contribution >= 4 is 17.8 Å². The molecule has 1 saturated heterocycles. The van der Waals surface area contributed by atoms with Crippen molar-refractivity contribution in [3.8, 4) is 0 Å². The molecule has 1 aliphatic carbocycles. The predicted molar refractivity (Wildman–Crippen MR) is 80.0 cm³/mol. The van der Waals surface area contributed by atoms with Gasteiger partial charge in [0.05, 0.1) is 19.7 Å². The van der Waals surface area contributed by atoms with Gasteiger partial charge in [-0.25, -0.2) is 0 Å². The highest BCUT2D eigenvalue weighted by atomic mass is 16.5. The van der Waals surface area contributed by atoms with Gasteiger partial charge in [0.25, 0.3) is 0 Å². The van der Waals surface area contributed by atoms with Crippen LogP contribution in [0.3, 0.4) is 0 Å². The van der Waals surface area contributed by atoms with Crippen molar-refractivity contribution < 1.29 is 19.1 Å². The highest BCUT2D eigenvalue weighted by Gasteiger charge is 2.30.